The third-order valence-corrected chi connectivity index (χ3v) is 5.45. The molecule has 2 bridgehead atoms. The maximum atomic E-state index is 13.4. The Hall–Kier alpha value is -1.56. The van der Waals surface area contributed by atoms with Crippen LogP contribution >= 0.6 is 0 Å². The van der Waals surface area contributed by atoms with Gasteiger partial charge in [0.2, 0.25) is 0 Å². The lowest BCUT2D eigenvalue weighted by Gasteiger charge is -2.52. The third kappa shape index (κ3) is 2.39. The molecule has 0 radical (unpaired) electrons. The van der Waals surface area contributed by atoms with E-state index in [1.165, 1.54) is 12.1 Å². The van der Waals surface area contributed by atoms with Crippen LogP contribution in [0.25, 0.3) is 0 Å². The molecule has 3 fully saturated rings. The van der Waals surface area contributed by atoms with Crippen LogP contribution in [0.1, 0.15) is 60.0 Å². The fourth-order valence-electron chi connectivity index (χ4n) is 3.99. The summed E-state index contributed by atoms with van der Waals surface area (Å²) in [5.74, 6) is -1.34. The molecule has 3 nitrogen and oxygen atoms in total. The zero-order valence-corrected chi connectivity index (χ0v) is 12.0. The first-order valence-electron chi connectivity index (χ1n) is 7.39. The minimum atomic E-state index is -4.55. The van der Waals surface area contributed by atoms with E-state index in [0.29, 0.717) is 19.3 Å². The molecular formula is C16H18F3NO2. The minimum absolute atomic E-state index is 0.221. The second kappa shape index (κ2) is 4.72. The molecule has 120 valence electrons. The highest BCUT2D eigenvalue weighted by molar-refractivity contribution is 5.88. The monoisotopic (exact) mass is 313 g/mol. The molecule has 0 spiro atoms. The van der Waals surface area contributed by atoms with Gasteiger partial charge < -0.3 is 10.8 Å². The number of halogens is 3. The molecule has 3 aliphatic rings. The molecular weight excluding hydrogens is 295 g/mol. The smallest absolute Gasteiger partial charge is 0.416 e. The van der Waals surface area contributed by atoms with E-state index in [0.717, 1.165) is 25.3 Å². The van der Waals surface area contributed by atoms with Crippen molar-refractivity contribution < 1.29 is 23.1 Å². The summed E-state index contributed by atoms with van der Waals surface area (Å²) in [6.45, 7) is 0. The van der Waals surface area contributed by atoms with Gasteiger partial charge in [-0.25, -0.2) is 4.79 Å². The molecule has 0 saturated heterocycles. The maximum Gasteiger partial charge on any atom is 0.416 e. The zero-order valence-electron chi connectivity index (χ0n) is 12.0. The standard InChI is InChI=1S/C16H18F3NO2/c17-16(18,19)12-9-10(13(21)22)1-2-11(12)14-3-6-15(20,7-4-14)8-5-14/h1-2,9H,3-8,20H2,(H,21,22). The largest absolute Gasteiger partial charge is 0.478 e. The van der Waals surface area contributed by atoms with E-state index in [4.69, 9.17) is 10.8 Å². The van der Waals surface area contributed by atoms with Crippen molar-refractivity contribution in [1.29, 1.82) is 0 Å². The van der Waals surface area contributed by atoms with Crippen molar-refractivity contribution in [3.63, 3.8) is 0 Å². The van der Waals surface area contributed by atoms with E-state index in [1.807, 2.05) is 0 Å². The molecule has 1 aromatic rings. The van der Waals surface area contributed by atoms with E-state index in [9.17, 15) is 18.0 Å². The van der Waals surface area contributed by atoms with Gasteiger partial charge in [-0.05, 0) is 61.6 Å². The lowest BCUT2D eigenvalue weighted by atomic mass is 9.54. The predicted molar refractivity (Wildman–Crippen MR) is 74.7 cm³/mol. The zero-order chi connectivity index (χ0) is 16.2. The topological polar surface area (TPSA) is 63.3 Å². The number of aromatic carboxylic acids is 1. The Kier molecular flexibility index (Phi) is 3.29. The molecule has 22 heavy (non-hydrogen) atoms. The van der Waals surface area contributed by atoms with Crippen LogP contribution in [-0.4, -0.2) is 16.6 Å². The lowest BCUT2D eigenvalue weighted by Crippen LogP contribution is -2.53. The highest BCUT2D eigenvalue weighted by atomic mass is 19.4. The Morgan fingerprint density at radius 2 is 1.64 bits per heavy atom. The van der Waals surface area contributed by atoms with Crippen LogP contribution < -0.4 is 5.73 Å². The predicted octanol–water partition coefficient (Wildman–Crippen LogP) is 3.71. The van der Waals surface area contributed by atoms with Gasteiger partial charge in [-0.1, -0.05) is 6.07 Å². The number of hydrogen-bond donors (Lipinski definition) is 2. The summed E-state index contributed by atoms with van der Waals surface area (Å²) in [6, 6.07) is 3.41. The van der Waals surface area contributed by atoms with Gasteiger partial charge in [-0.2, -0.15) is 13.2 Å². The van der Waals surface area contributed by atoms with Crippen molar-refractivity contribution in [2.75, 3.05) is 0 Å². The Bertz CT molecular complexity index is 600. The van der Waals surface area contributed by atoms with Crippen LogP contribution in [0.2, 0.25) is 0 Å². The Balaban J connectivity index is 2.09. The molecule has 6 heteroatoms. The molecule has 0 heterocycles. The van der Waals surface area contributed by atoms with Crippen molar-refractivity contribution in [2.45, 2.75) is 55.7 Å². The highest BCUT2D eigenvalue weighted by Gasteiger charge is 2.50. The van der Waals surface area contributed by atoms with E-state index in [1.54, 1.807) is 0 Å². The number of rotatable bonds is 2. The summed E-state index contributed by atoms with van der Waals surface area (Å²) in [5.41, 5.74) is 4.60. The normalized spacial score (nSPS) is 31.3. The minimum Gasteiger partial charge on any atom is -0.478 e. The SMILES string of the molecule is NC12CCC(c3ccc(C(=O)O)cc3C(F)(F)F)(CC1)CC2. The van der Waals surface area contributed by atoms with Gasteiger partial charge >= 0.3 is 12.1 Å². The third-order valence-electron chi connectivity index (χ3n) is 5.45. The van der Waals surface area contributed by atoms with Gasteiger partial charge in [-0.3, -0.25) is 0 Å². The number of nitrogens with two attached hydrogens (primary N) is 1. The number of hydrogen-bond acceptors (Lipinski definition) is 2. The first-order valence-corrected chi connectivity index (χ1v) is 7.39. The number of carboxylic acid groups (broad SMARTS) is 1. The van der Waals surface area contributed by atoms with Crippen LogP contribution in [0, 0.1) is 0 Å². The molecule has 0 aliphatic heterocycles. The number of alkyl halides is 3. The molecule has 3 saturated carbocycles. The molecule has 3 N–H and O–H groups in total. The average Bonchev–Trinajstić information content (AvgIpc) is 2.47. The van der Waals surface area contributed by atoms with Crippen LogP contribution in [0.4, 0.5) is 13.2 Å². The van der Waals surface area contributed by atoms with Crippen molar-refractivity contribution in [1.82, 2.24) is 0 Å². The molecule has 3 aliphatic carbocycles. The second-order valence-electron chi connectivity index (χ2n) is 6.71. The number of carbonyl (C=O) groups is 1. The van der Waals surface area contributed by atoms with Crippen molar-refractivity contribution in [3.8, 4) is 0 Å². The van der Waals surface area contributed by atoms with Crippen LogP contribution in [-0.2, 0) is 11.6 Å². The molecule has 0 atom stereocenters. The fourth-order valence-corrected chi connectivity index (χ4v) is 3.99. The van der Waals surface area contributed by atoms with Crippen LogP contribution in [0.5, 0.6) is 0 Å². The summed E-state index contributed by atoms with van der Waals surface area (Å²) in [4.78, 5) is 11.0. The maximum absolute atomic E-state index is 13.4. The number of carboxylic acids is 1. The highest BCUT2D eigenvalue weighted by Crippen LogP contribution is 2.54. The summed E-state index contributed by atoms with van der Waals surface area (Å²) < 4.78 is 40.3. The summed E-state index contributed by atoms with van der Waals surface area (Å²) in [6.07, 6.45) is -0.456. The van der Waals surface area contributed by atoms with Gasteiger partial charge in [-0.15, -0.1) is 0 Å². The Morgan fingerprint density at radius 3 is 2.09 bits per heavy atom. The number of benzene rings is 1. The van der Waals surface area contributed by atoms with Crippen molar-refractivity contribution in [3.05, 3.63) is 34.9 Å². The molecule has 0 unspecified atom stereocenters. The van der Waals surface area contributed by atoms with Crippen molar-refractivity contribution in [2.24, 2.45) is 5.73 Å². The fraction of sp³-hybridized carbons (Fsp3) is 0.562. The first-order chi connectivity index (χ1) is 10.2. The number of fused-ring (bicyclic) bond motifs is 3. The quantitative estimate of drug-likeness (QED) is 0.875. The molecule has 0 aromatic heterocycles. The van der Waals surface area contributed by atoms with Gasteiger partial charge in [0.15, 0.2) is 0 Å². The van der Waals surface area contributed by atoms with E-state index in [2.05, 4.69) is 0 Å². The van der Waals surface area contributed by atoms with Crippen LogP contribution in [0.15, 0.2) is 18.2 Å². The summed E-state index contributed by atoms with van der Waals surface area (Å²) in [5, 5.41) is 8.96. The lowest BCUT2D eigenvalue weighted by molar-refractivity contribution is -0.139. The molecule has 1 aromatic carbocycles. The van der Waals surface area contributed by atoms with Gasteiger partial charge in [0.05, 0.1) is 11.1 Å². The van der Waals surface area contributed by atoms with E-state index >= 15 is 0 Å². The summed E-state index contributed by atoms with van der Waals surface area (Å²) >= 11 is 0. The van der Waals surface area contributed by atoms with E-state index < -0.39 is 23.1 Å². The molecule has 4 rings (SSSR count). The van der Waals surface area contributed by atoms with Crippen LogP contribution in [0.3, 0.4) is 0 Å². The van der Waals surface area contributed by atoms with Crippen molar-refractivity contribution >= 4 is 5.97 Å². The first kappa shape index (κ1) is 15.3. The van der Waals surface area contributed by atoms with Gasteiger partial charge in [0.25, 0.3) is 0 Å². The van der Waals surface area contributed by atoms with Gasteiger partial charge in [0, 0.05) is 5.54 Å². The molecule has 0 amide bonds. The Labute approximate surface area is 126 Å². The van der Waals surface area contributed by atoms with Gasteiger partial charge in [0.1, 0.15) is 0 Å². The second-order valence-corrected chi connectivity index (χ2v) is 6.71. The Morgan fingerprint density at radius 1 is 1.09 bits per heavy atom. The average molecular weight is 313 g/mol. The van der Waals surface area contributed by atoms with E-state index in [-0.39, 0.29) is 16.7 Å². The summed E-state index contributed by atoms with van der Waals surface area (Å²) in [7, 11) is 0.